The van der Waals surface area contributed by atoms with Gasteiger partial charge in [-0.25, -0.2) is 4.39 Å². The summed E-state index contributed by atoms with van der Waals surface area (Å²) >= 11 is 0. The highest BCUT2D eigenvalue weighted by Gasteiger charge is 2.45. The van der Waals surface area contributed by atoms with E-state index in [1.54, 1.807) is 6.07 Å². The maximum Gasteiger partial charge on any atom is 0.311 e. The van der Waals surface area contributed by atoms with Crippen molar-refractivity contribution < 1.29 is 13.9 Å². The fourth-order valence-corrected chi connectivity index (χ4v) is 4.81. The summed E-state index contributed by atoms with van der Waals surface area (Å²) < 4.78 is 20.7. The predicted molar refractivity (Wildman–Crippen MR) is 129 cm³/mol. The molecule has 172 valence electrons. The van der Waals surface area contributed by atoms with E-state index in [0.717, 1.165) is 16.7 Å². The molecule has 3 nitrogen and oxygen atoms in total. The smallest absolute Gasteiger partial charge is 0.311 e. The fourth-order valence-electron chi connectivity index (χ4n) is 4.81. The van der Waals surface area contributed by atoms with Crippen LogP contribution in [0.2, 0.25) is 0 Å². The van der Waals surface area contributed by atoms with Crippen LogP contribution < -0.4 is 0 Å². The van der Waals surface area contributed by atoms with Crippen molar-refractivity contribution in [1.29, 1.82) is 0 Å². The number of fused-ring (bicyclic) bond motifs is 1. The molecule has 0 unspecified atom stereocenters. The molecule has 33 heavy (non-hydrogen) atoms. The number of esters is 1. The molecule has 0 bridgehead atoms. The van der Waals surface area contributed by atoms with Crippen molar-refractivity contribution in [1.82, 2.24) is 4.90 Å². The molecule has 0 N–H and O–H groups in total. The second-order valence-electron chi connectivity index (χ2n) is 9.84. The zero-order valence-electron chi connectivity index (χ0n) is 19.8. The van der Waals surface area contributed by atoms with Gasteiger partial charge in [0.15, 0.2) is 0 Å². The Labute approximate surface area is 196 Å². The normalized spacial score (nSPS) is 18.7. The molecule has 0 aromatic heterocycles. The molecular weight excluding hydrogens is 413 g/mol. The van der Waals surface area contributed by atoms with Gasteiger partial charge >= 0.3 is 5.97 Å². The summed E-state index contributed by atoms with van der Waals surface area (Å²) in [6, 6.07) is 25.4. The molecule has 0 amide bonds. The van der Waals surface area contributed by atoms with Crippen molar-refractivity contribution in [3.8, 4) is 0 Å². The van der Waals surface area contributed by atoms with E-state index in [-0.39, 0.29) is 23.9 Å². The van der Waals surface area contributed by atoms with E-state index in [1.165, 1.54) is 6.07 Å². The fraction of sp³-hybridized carbons (Fsp3) is 0.345. The first-order valence-electron chi connectivity index (χ1n) is 11.6. The third kappa shape index (κ3) is 5.17. The third-order valence-electron chi connectivity index (χ3n) is 6.33. The highest BCUT2D eigenvalue weighted by atomic mass is 19.1. The molecular formula is C29H32FNO2. The highest BCUT2D eigenvalue weighted by molar-refractivity contribution is 5.76. The van der Waals surface area contributed by atoms with Gasteiger partial charge in [0.25, 0.3) is 0 Å². The van der Waals surface area contributed by atoms with Gasteiger partial charge in [-0.2, -0.15) is 0 Å². The standard InChI is InChI=1S/C29H32FNO2/c1-20(22-14-9-6-10-15-22)31(19-21-12-7-5-8-13-21)27-23-16-11-17-26(30)24(23)18-25(27)28(32)33-29(2,3)4/h5-17,20,25,27H,18-19H2,1-4H3/t20-,25-,27-/m1/s1. The first-order valence-corrected chi connectivity index (χ1v) is 11.6. The predicted octanol–water partition coefficient (Wildman–Crippen LogP) is 6.64. The minimum atomic E-state index is -0.607. The van der Waals surface area contributed by atoms with Crippen LogP contribution in [0.1, 0.15) is 62.0 Å². The second kappa shape index (κ2) is 9.48. The zero-order valence-corrected chi connectivity index (χ0v) is 19.8. The number of ether oxygens (including phenoxy) is 1. The SMILES string of the molecule is C[C@H](c1ccccc1)N(Cc1ccccc1)[C@@H]1c2cccc(F)c2C[C@H]1C(=O)OC(C)(C)C. The van der Waals surface area contributed by atoms with Gasteiger partial charge in [0, 0.05) is 18.6 Å². The van der Waals surface area contributed by atoms with Crippen molar-refractivity contribution in [3.05, 3.63) is 107 Å². The van der Waals surface area contributed by atoms with Crippen molar-refractivity contribution in [3.63, 3.8) is 0 Å². The molecule has 3 aromatic rings. The summed E-state index contributed by atoms with van der Waals surface area (Å²) in [6.45, 7) is 8.41. The van der Waals surface area contributed by atoms with Crippen LogP contribution in [0.15, 0.2) is 78.9 Å². The first kappa shape index (κ1) is 23.2. The van der Waals surface area contributed by atoms with E-state index < -0.39 is 11.5 Å². The van der Waals surface area contributed by atoms with Gasteiger partial charge in [0.05, 0.1) is 5.92 Å². The summed E-state index contributed by atoms with van der Waals surface area (Å²) in [7, 11) is 0. The van der Waals surface area contributed by atoms with Crippen LogP contribution in [0.5, 0.6) is 0 Å². The Balaban J connectivity index is 1.80. The van der Waals surface area contributed by atoms with Crippen LogP contribution in [-0.2, 0) is 22.5 Å². The number of benzene rings is 3. The molecule has 3 atom stereocenters. The van der Waals surface area contributed by atoms with E-state index in [2.05, 4.69) is 36.1 Å². The maximum absolute atomic E-state index is 14.9. The first-order chi connectivity index (χ1) is 15.7. The number of hydrogen-bond donors (Lipinski definition) is 0. The summed E-state index contributed by atoms with van der Waals surface area (Å²) in [5.74, 6) is -1.01. The summed E-state index contributed by atoms with van der Waals surface area (Å²) in [5.41, 5.74) is 3.19. The Morgan fingerprint density at radius 1 is 1.00 bits per heavy atom. The Morgan fingerprint density at radius 3 is 2.27 bits per heavy atom. The van der Waals surface area contributed by atoms with Gasteiger partial charge in [0.2, 0.25) is 0 Å². The van der Waals surface area contributed by atoms with E-state index >= 15 is 0 Å². The van der Waals surface area contributed by atoms with Gasteiger partial charge in [0.1, 0.15) is 11.4 Å². The van der Waals surface area contributed by atoms with Gasteiger partial charge < -0.3 is 4.74 Å². The molecule has 0 radical (unpaired) electrons. The molecule has 0 saturated heterocycles. The Kier molecular flexibility index (Phi) is 6.66. The lowest BCUT2D eigenvalue weighted by Gasteiger charge is -2.38. The van der Waals surface area contributed by atoms with E-state index in [4.69, 9.17) is 4.74 Å². The summed E-state index contributed by atoms with van der Waals surface area (Å²) in [5, 5.41) is 0. The van der Waals surface area contributed by atoms with Crippen molar-refractivity contribution in [2.75, 3.05) is 0 Å². The number of carbonyl (C=O) groups excluding carboxylic acids is 1. The molecule has 0 heterocycles. The molecule has 0 spiro atoms. The lowest BCUT2D eigenvalue weighted by Crippen LogP contribution is -2.39. The number of nitrogens with zero attached hydrogens (tertiary/aromatic N) is 1. The minimum absolute atomic E-state index is 0.00978. The average Bonchev–Trinajstić information content (AvgIpc) is 3.18. The molecule has 3 aromatic carbocycles. The zero-order chi connectivity index (χ0) is 23.6. The largest absolute Gasteiger partial charge is 0.460 e. The van der Waals surface area contributed by atoms with Crippen LogP contribution in [0.3, 0.4) is 0 Å². The van der Waals surface area contributed by atoms with Crippen LogP contribution in [0.4, 0.5) is 4.39 Å². The highest BCUT2D eigenvalue weighted by Crippen LogP contribution is 2.46. The Bertz CT molecular complexity index is 1090. The third-order valence-corrected chi connectivity index (χ3v) is 6.33. The van der Waals surface area contributed by atoms with E-state index in [0.29, 0.717) is 18.5 Å². The van der Waals surface area contributed by atoms with Crippen LogP contribution in [0, 0.1) is 11.7 Å². The molecule has 4 rings (SSSR count). The van der Waals surface area contributed by atoms with Gasteiger partial charge in [-0.3, -0.25) is 9.69 Å². The summed E-state index contributed by atoms with van der Waals surface area (Å²) in [4.78, 5) is 15.7. The maximum atomic E-state index is 14.9. The Morgan fingerprint density at radius 2 is 1.64 bits per heavy atom. The number of carbonyl (C=O) groups is 1. The number of hydrogen-bond acceptors (Lipinski definition) is 3. The minimum Gasteiger partial charge on any atom is -0.460 e. The van der Waals surface area contributed by atoms with Gasteiger partial charge in [-0.1, -0.05) is 72.8 Å². The van der Waals surface area contributed by atoms with Gasteiger partial charge in [-0.05, 0) is 62.4 Å². The quantitative estimate of drug-likeness (QED) is 0.398. The number of halogens is 1. The molecule has 0 fully saturated rings. The van der Waals surface area contributed by atoms with E-state index in [1.807, 2.05) is 63.2 Å². The van der Waals surface area contributed by atoms with Crippen molar-refractivity contribution >= 4 is 5.97 Å². The van der Waals surface area contributed by atoms with E-state index in [9.17, 15) is 9.18 Å². The van der Waals surface area contributed by atoms with Crippen LogP contribution >= 0.6 is 0 Å². The number of rotatable bonds is 6. The molecule has 1 aliphatic carbocycles. The van der Waals surface area contributed by atoms with Crippen LogP contribution in [0.25, 0.3) is 0 Å². The molecule has 4 heteroatoms. The van der Waals surface area contributed by atoms with Crippen LogP contribution in [-0.4, -0.2) is 16.5 Å². The molecule has 1 aliphatic rings. The lowest BCUT2D eigenvalue weighted by molar-refractivity contribution is -0.162. The lowest BCUT2D eigenvalue weighted by atomic mass is 9.94. The van der Waals surface area contributed by atoms with Crippen molar-refractivity contribution in [2.45, 2.75) is 58.3 Å². The second-order valence-corrected chi connectivity index (χ2v) is 9.84. The topological polar surface area (TPSA) is 29.5 Å². The Hall–Kier alpha value is -2.98. The summed E-state index contributed by atoms with van der Waals surface area (Å²) in [6.07, 6.45) is 0.342. The molecule has 0 aliphatic heterocycles. The molecule has 0 saturated carbocycles. The average molecular weight is 446 g/mol. The van der Waals surface area contributed by atoms with Crippen molar-refractivity contribution in [2.24, 2.45) is 5.92 Å². The monoisotopic (exact) mass is 445 g/mol. The van der Waals surface area contributed by atoms with Gasteiger partial charge in [-0.15, -0.1) is 0 Å².